The fourth-order valence-electron chi connectivity index (χ4n) is 1.15. The van der Waals surface area contributed by atoms with Crippen LogP contribution in [0.3, 0.4) is 0 Å². The van der Waals surface area contributed by atoms with Gasteiger partial charge in [-0.15, -0.1) is 18.3 Å². The van der Waals surface area contributed by atoms with Crippen LogP contribution in [0, 0.1) is 11.3 Å². The van der Waals surface area contributed by atoms with Crippen molar-refractivity contribution >= 4 is 17.7 Å². The van der Waals surface area contributed by atoms with Crippen LogP contribution in [0.15, 0.2) is 41.8 Å². The van der Waals surface area contributed by atoms with Crippen molar-refractivity contribution in [2.75, 3.05) is 12.3 Å². The van der Waals surface area contributed by atoms with Crippen LogP contribution in [0.5, 0.6) is 0 Å². The van der Waals surface area contributed by atoms with Crippen molar-refractivity contribution in [1.82, 2.24) is 5.32 Å². The van der Waals surface area contributed by atoms with E-state index < -0.39 is 0 Å². The smallest absolute Gasteiger partial charge is 0.252 e. The molecule has 1 rings (SSSR count). The molecule has 0 atom stereocenters. The van der Waals surface area contributed by atoms with E-state index in [0.717, 1.165) is 4.90 Å². The van der Waals surface area contributed by atoms with Crippen LogP contribution >= 0.6 is 11.8 Å². The summed E-state index contributed by atoms with van der Waals surface area (Å²) < 4.78 is 0. The third-order valence-electron chi connectivity index (χ3n) is 1.83. The Balaban J connectivity index is 2.81. The SMILES string of the molecule is C=CCNC(=O)c1ccccc1SCC#N. The van der Waals surface area contributed by atoms with Gasteiger partial charge in [0.05, 0.1) is 17.4 Å². The lowest BCUT2D eigenvalue weighted by Crippen LogP contribution is -2.23. The number of thioether (sulfide) groups is 1. The van der Waals surface area contributed by atoms with Gasteiger partial charge in [-0.2, -0.15) is 5.26 Å². The van der Waals surface area contributed by atoms with Crippen molar-refractivity contribution in [1.29, 1.82) is 5.26 Å². The number of benzene rings is 1. The first-order valence-electron chi connectivity index (χ1n) is 4.77. The van der Waals surface area contributed by atoms with Crippen molar-refractivity contribution in [3.05, 3.63) is 42.5 Å². The quantitative estimate of drug-likeness (QED) is 0.625. The van der Waals surface area contributed by atoms with Crippen LogP contribution < -0.4 is 5.32 Å². The molecule has 16 heavy (non-hydrogen) atoms. The van der Waals surface area contributed by atoms with Gasteiger partial charge in [0, 0.05) is 11.4 Å². The maximum atomic E-state index is 11.7. The van der Waals surface area contributed by atoms with Crippen molar-refractivity contribution in [2.24, 2.45) is 0 Å². The largest absolute Gasteiger partial charge is 0.349 e. The first-order chi connectivity index (χ1) is 7.79. The van der Waals surface area contributed by atoms with E-state index in [9.17, 15) is 4.79 Å². The number of amides is 1. The Kier molecular flexibility index (Phi) is 5.17. The molecular formula is C12H12N2OS. The Bertz CT molecular complexity index is 423. The highest BCUT2D eigenvalue weighted by atomic mass is 32.2. The molecule has 0 bridgehead atoms. The first-order valence-corrected chi connectivity index (χ1v) is 5.76. The van der Waals surface area contributed by atoms with Crippen LogP contribution in [-0.2, 0) is 0 Å². The van der Waals surface area contributed by atoms with E-state index >= 15 is 0 Å². The molecule has 0 heterocycles. The summed E-state index contributed by atoms with van der Waals surface area (Å²) in [5, 5.41) is 11.2. The third kappa shape index (κ3) is 3.44. The Morgan fingerprint density at radius 2 is 2.31 bits per heavy atom. The van der Waals surface area contributed by atoms with Gasteiger partial charge in [-0.1, -0.05) is 18.2 Å². The highest BCUT2D eigenvalue weighted by molar-refractivity contribution is 7.99. The second kappa shape index (κ2) is 6.70. The van der Waals surface area contributed by atoms with Gasteiger partial charge in [0.2, 0.25) is 0 Å². The Morgan fingerprint density at radius 1 is 1.56 bits per heavy atom. The van der Waals surface area contributed by atoms with Crippen LogP contribution in [0.4, 0.5) is 0 Å². The highest BCUT2D eigenvalue weighted by Gasteiger charge is 2.09. The zero-order valence-corrected chi connectivity index (χ0v) is 9.59. The van der Waals surface area contributed by atoms with Gasteiger partial charge in [-0.3, -0.25) is 4.79 Å². The maximum Gasteiger partial charge on any atom is 0.252 e. The molecule has 1 aromatic carbocycles. The number of hydrogen-bond acceptors (Lipinski definition) is 3. The van der Waals surface area contributed by atoms with Gasteiger partial charge in [0.15, 0.2) is 0 Å². The number of nitriles is 1. The van der Waals surface area contributed by atoms with Gasteiger partial charge in [0.1, 0.15) is 0 Å². The zero-order valence-electron chi connectivity index (χ0n) is 8.77. The topological polar surface area (TPSA) is 52.9 Å². The van der Waals surface area contributed by atoms with Crippen molar-refractivity contribution < 1.29 is 4.79 Å². The van der Waals surface area contributed by atoms with Crippen LogP contribution in [-0.4, -0.2) is 18.2 Å². The van der Waals surface area contributed by atoms with Crippen molar-refractivity contribution in [3.63, 3.8) is 0 Å². The summed E-state index contributed by atoms with van der Waals surface area (Å²) in [5.41, 5.74) is 0.601. The molecule has 1 N–H and O–H groups in total. The first kappa shape index (κ1) is 12.3. The summed E-state index contributed by atoms with van der Waals surface area (Å²) in [4.78, 5) is 12.6. The van der Waals surface area contributed by atoms with Gasteiger partial charge < -0.3 is 5.32 Å². The predicted octanol–water partition coefficient (Wildman–Crippen LogP) is 2.22. The molecule has 0 aliphatic carbocycles. The maximum absolute atomic E-state index is 11.7. The minimum absolute atomic E-state index is 0.138. The van der Waals surface area contributed by atoms with E-state index in [1.807, 2.05) is 18.2 Å². The van der Waals surface area contributed by atoms with Crippen molar-refractivity contribution in [2.45, 2.75) is 4.90 Å². The van der Waals surface area contributed by atoms with E-state index in [1.54, 1.807) is 18.2 Å². The zero-order chi connectivity index (χ0) is 11.8. The number of carbonyl (C=O) groups is 1. The summed E-state index contributed by atoms with van der Waals surface area (Å²) in [6, 6.07) is 9.28. The predicted molar refractivity (Wildman–Crippen MR) is 65.3 cm³/mol. The molecule has 0 spiro atoms. The molecule has 0 fully saturated rings. The average molecular weight is 232 g/mol. The molecule has 0 unspecified atom stereocenters. The number of rotatable bonds is 5. The van der Waals surface area contributed by atoms with Crippen molar-refractivity contribution in [3.8, 4) is 6.07 Å². The number of nitrogens with one attached hydrogen (secondary N) is 1. The molecule has 0 aromatic heterocycles. The lowest BCUT2D eigenvalue weighted by atomic mass is 10.2. The van der Waals surface area contributed by atoms with E-state index in [2.05, 4.69) is 11.9 Å². The lowest BCUT2D eigenvalue weighted by Gasteiger charge is -2.06. The van der Waals surface area contributed by atoms with E-state index in [4.69, 9.17) is 5.26 Å². The summed E-state index contributed by atoms with van der Waals surface area (Å²) in [6.07, 6.45) is 1.63. The average Bonchev–Trinajstić information content (AvgIpc) is 2.33. The van der Waals surface area contributed by atoms with Crippen LogP contribution in [0.25, 0.3) is 0 Å². The molecule has 0 radical (unpaired) electrons. The van der Waals surface area contributed by atoms with E-state index in [1.165, 1.54) is 11.8 Å². The fraction of sp³-hybridized carbons (Fsp3) is 0.167. The molecular weight excluding hydrogens is 220 g/mol. The minimum Gasteiger partial charge on any atom is -0.349 e. The molecule has 0 aliphatic heterocycles. The standard InChI is InChI=1S/C12H12N2OS/c1-2-8-14-12(15)10-5-3-4-6-11(10)16-9-7-13/h2-6H,1,8-9H2,(H,14,15). The summed E-state index contributed by atoms with van der Waals surface area (Å²) >= 11 is 1.36. The van der Waals surface area contributed by atoms with Crippen LogP contribution in [0.1, 0.15) is 10.4 Å². The fourth-order valence-corrected chi connectivity index (χ4v) is 1.86. The third-order valence-corrected chi connectivity index (χ3v) is 2.77. The van der Waals surface area contributed by atoms with E-state index in [-0.39, 0.29) is 5.91 Å². The second-order valence-corrected chi connectivity index (χ2v) is 3.96. The summed E-state index contributed by atoms with van der Waals surface area (Å²) in [5.74, 6) is 0.201. The molecule has 1 aromatic rings. The monoisotopic (exact) mass is 232 g/mol. The second-order valence-electron chi connectivity index (χ2n) is 2.94. The molecule has 0 saturated carbocycles. The Morgan fingerprint density at radius 3 is 3.00 bits per heavy atom. The molecule has 0 aliphatic rings. The van der Waals surface area contributed by atoms with Gasteiger partial charge in [-0.25, -0.2) is 0 Å². The highest BCUT2D eigenvalue weighted by Crippen LogP contribution is 2.21. The molecule has 0 saturated heterocycles. The van der Waals surface area contributed by atoms with Gasteiger partial charge in [0.25, 0.3) is 5.91 Å². The number of hydrogen-bond donors (Lipinski definition) is 1. The molecule has 82 valence electrons. The summed E-state index contributed by atoms with van der Waals surface area (Å²) in [6.45, 7) is 3.98. The van der Waals surface area contributed by atoms with E-state index in [0.29, 0.717) is 17.9 Å². The molecule has 4 heteroatoms. The van der Waals surface area contributed by atoms with Gasteiger partial charge in [-0.05, 0) is 12.1 Å². The summed E-state index contributed by atoms with van der Waals surface area (Å²) in [7, 11) is 0. The number of nitrogens with zero attached hydrogens (tertiary/aromatic N) is 1. The minimum atomic E-state index is -0.138. The Labute approximate surface area is 99.2 Å². The number of carbonyl (C=O) groups excluding carboxylic acids is 1. The molecule has 1 amide bonds. The molecule has 3 nitrogen and oxygen atoms in total. The van der Waals surface area contributed by atoms with Crippen LogP contribution in [0.2, 0.25) is 0 Å². The normalized spacial score (nSPS) is 9.19. The Hall–Kier alpha value is -1.73. The lowest BCUT2D eigenvalue weighted by molar-refractivity contribution is 0.0955. The van der Waals surface area contributed by atoms with Gasteiger partial charge >= 0.3 is 0 Å².